The maximum Gasteiger partial charge on any atom is 0.341 e. The van der Waals surface area contributed by atoms with Crippen molar-refractivity contribution in [1.82, 2.24) is 5.32 Å². The molecule has 0 aliphatic rings. The molecule has 0 unspecified atom stereocenters. The van der Waals surface area contributed by atoms with Crippen LogP contribution in [0.1, 0.15) is 30.6 Å². The number of fused-ring (bicyclic) bond motifs is 1. The maximum atomic E-state index is 12.5. The normalized spacial score (nSPS) is 10.6. The van der Waals surface area contributed by atoms with E-state index in [1.54, 1.807) is 33.1 Å². The van der Waals surface area contributed by atoms with Crippen LogP contribution in [0.5, 0.6) is 5.75 Å². The number of carbonyl (C=O) groups is 3. The lowest BCUT2D eigenvalue weighted by atomic mass is 10.1. The number of hydrogen-bond acceptors (Lipinski definition) is 7. The fraction of sp³-hybridized carbons (Fsp3) is 0.421. The third-order valence-electron chi connectivity index (χ3n) is 3.79. The van der Waals surface area contributed by atoms with Gasteiger partial charge in [-0.3, -0.25) is 9.59 Å². The largest absolute Gasteiger partial charge is 0.481 e. The van der Waals surface area contributed by atoms with Crippen molar-refractivity contribution in [2.45, 2.75) is 20.3 Å². The fourth-order valence-electron chi connectivity index (χ4n) is 2.44. The number of halogens is 1. The molecule has 29 heavy (non-hydrogen) atoms. The molecular weight excluding hydrogens is 464 g/mol. The van der Waals surface area contributed by atoms with E-state index in [0.717, 1.165) is 0 Å². The highest BCUT2D eigenvalue weighted by molar-refractivity contribution is 9.10. The van der Waals surface area contributed by atoms with E-state index in [1.807, 2.05) is 0 Å². The molecule has 2 N–H and O–H groups in total. The molecule has 0 aliphatic carbocycles. The van der Waals surface area contributed by atoms with Crippen LogP contribution in [0.25, 0.3) is 10.1 Å². The summed E-state index contributed by atoms with van der Waals surface area (Å²) in [6, 6.07) is 3.47. The second-order valence-corrected chi connectivity index (χ2v) is 7.69. The van der Waals surface area contributed by atoms with E-state index < -0.39 is 5.97 Å². The third-order valence-corrected chi connectivity index (χ3v) is 5.54. The molecule has 0 aliphatic heterocycles. The fourth-order valence-corrected chi connectivity index (χ4v) is 4.22. The van der Waals surface area contributed by atoms with Crippen molar-refractivity contribution in [3.8, 4) is 5.75 Å². The van der Waals surface area contributed by atoms with E-state index >= 15 is 0 Å². The average molecular weight is 487 g/mol. The van der Waals surface area contributed by atoms with Crippen molar-refractivity contribution in [3.05, 3.63) is 22.2 Å². The molecule has 2 rings (SSSR count). The Morgan fingerprint density at radius 2 is 1.93 bits per heavy atom. The molecule has 0 atom stereocenters. The zero-order valence-electron chi connectivity index (χ0n) is 16.4. The van der Waals surface area contributed by atoms with E-state index in [-0.39, 0.29) is 37.0 Å². The van der Waals surface area contributed by atoms with Crippen LogP contribution in [0.15, 0.2) is 16.6 Å². The van der Waals surface area contributed by atoms with Gasteiger partial charge in [0.1, 0.15) is 10.6 Å². The standard InChI is InChI=1S/C19H23BrN2O6S/c1-4-13(23)22-18-15(19(25)27-5-2)11-6-7-12(20)16(17(11)29-18)28-10-14(24)21-8-9-26-3/h6-7H,4-5,8-10H2,1-3H3,(H,21,24)(H,22,23). The van der Waals surface area contributed by atoms with Gasteiger partial charge in [0.2, 0.25) is 5.91 Å². The van der Waals surface area contributed by atoms with Crippen molar-refractivity contribution in [1.29, 1.82) is 0 Å². The molecule has 8 nitrogen and oxygen atoms in total. The first-order valence-electron chi connectivity index (χ1n) is 9.03. The summed E-state index contributed by atoms with van der Waals surface area (Å²) in [5.41, 5.74) is 0.274. The minimum absolute atomic E-state index is 0.204. The molecule has 0 fully saturated rings. The van der Waals surface area contributed by atoms with Crippen molar-refractivity contribution < 1.29 is 28.6 Å². The van der Waals surface area contributed by atoms with Gasteiger partial charge in [-0.2, -0.15) is 0 Å². The number of rotatable bonds is 10. The Morgan fingerprint density at radius 3 is 2.59 bits per heavy atom. The second kappa shape index (κ2) is 11.1. The number of amides is 2. The molecule has 10 heteroatoms. The molecule has 2 aromatic rings. The Morgan fingerprint density at radius 1 is 1.17 bits per heavy atom. The van der Waals surface area contributed by atoms with Gasteiger partial charge >= 0.3 is 5.97 Å². The quantitative estimate of drug-likeness (QED) is 0.394. The Balaban J connectivity index is 2.39. The van der Waals surface area contributed by atoms with Gasteiger partial charge in [0, 0.05) is 25.5 Å². The maximum absolute atomic E-state index is 12.5. The third kappa shape index (κ3) is 5.91. The lowest BCUT2D eigenvalue weighted by Gasteiger charge is -2.10. The monoisotopic (exact) mass is 486 g/mol. The summed E-state index contributed by atoms with van der Waals surface area (Å²) in [6.45, 7) is 4.22. The Labute approximate surface area is 181 Å². The van der Waals surface area contributed by atoms with Crippen LogP contribution in [0.3, 0.4) is 0 Å². The number of methoxy groups -OCH3 is 1. The number of carbonyl (C=O) groups excluding carboxylic acids is 3. The minimum atomic E-state index is -0.532. The molecule has 0 saturated heterocycles. The number of benzene rings is 1. The van der Waals surface area contributed by atoms with Gasteiger partial charge in [-0.25, -0.2) is 4.79 Å². The highest BCUT2D eigenvalue weighted by Crippen LogP contribution is 2.44. The summed E-state index contributed by atoms with van der Waals surface area (Å²) in [4.78, 5) is 36.4. The number of hydrogen-bond donors (Lipinski definition) is 2. The van der Waals surface area contributed by atoms with Crippen molar-refractivity contribution in [2.75, 3.05) is 38.8 Å². The zero-order chi connectivity index (χ0) is 21.4. The van der Waals surface area contributed by atoms with Gasteiger partial charge in [0.15, 0.2) is 12.4 Å². The smallest absolute Gasteiger partial charge is 0.341 e. The van der Waals surface area contributed by atoms with E-state index in [0.29, 0.717) is 38.5 Å². The van der Waals surface area contributed by atoms with Crippen LogP contribution in [0.4, 0.5) is 5.00 Å². The zero-order valence-corrected chi connectivity index (χ0v) is 18.8. The van der Waals surface area contributed by atoms with Crippen LogP contribution < -0.4 is 15.4 Å². The predicted octanol–water partition coefficient (Wildman–Crippen LogP) is 3.33. The summed E-state index contributed by atoms with van der Waals surface area (Å²) in [5.74, 6) is -0.638. The number of anilines is 1. The first kappa shape index (κ1) is 23.1. The first-order valence-corrected chi connectivity index (χ1v) is 10.6. The lowest BCUT2D eigenvalue weighted by molar-refractivity contribution is -0.123. The van der Waals surface area contributed by atoms with E-state index in [2.05, 4.69) is 26.6 Å². The SMILES string of the molecule is CCOC(=O)c1c(NC(=O)CC)sc2c(OCC(=O)NCCOC)c(Br)ccc12. The summed E-state index contributed by atoms with van der Waals surface area (Å²) in [5, 5.41) is 6.39. The Bertz CT molecular complexity index is 898. The first-order chi connectivity index (χ1) is 13.9. The molecule has 0 bridgehead atoms. The molecule has 0 spiro atoms. The highest BCUT2D eigenvalue weighted by atomic mass is 79.9. The number of esters is 1. The van der Waals surface area contributed by atoms with Gasteiger partial charge < -0.3 is 24.8 Å². The van der Waals surface area contributed by atoms with Gasteiger partial charge in [0.05, 0.1) is 22.4 Å². The van der Waals surface area contributed by atoms with Gasteiger partial charge in [-0.15, -0.1) is 11.3 Å². The number of thiophene rings is 1. The van der Waals surface area contributed by atoms with Crippen molar-refractivity contribution in [2.24, 2.45) is 0 Å². The molecule has 158 valence electrons. The van der Waals surface area contributed by atoms with Crippen LogP contribution in [0, 0.1) is 0 Å². The minimum Gasteiger partial charge on any atom is -0.481 e. The number of nitrogens with one attached hydrogen (secondary N) is 2. The molecule has 1 aromatic heterocycles. The van der Waals surface area contributed by atoms with E-state index in [1.165, 1.54) is 11.3 Å². The van der Waals surface area contributed by atoms with Gasteiger partial charge in [0.25, 0.3) is 5.91 Å². The predicted molar refractivity (Wildman–Crippen MR) is 115 cm³/mol. The average Bonchev–Trinajstić information content (AvgIpc) is 3.05. The topological polar surface area (TPSA) is 103 Å². The summed E-state index contributed by atoms with van der Waals surface area (Å²) < 4.78 is 17.0. The second-order valence-electron chi connectivity index (χ2n) is 5.81. The molecule has 0 saturated carbocycles. The van der Waals surface area contributed by atoms with Crippen molar-refractivity contribution in [3.63, 3.8) is 0 Å². The van der Waals surface area contributed by atoms with Crippen molar-refractivity contribution >= 4 is 60.1 Å². The van der Waals surface area contributed by atoms with Crippen LogP contribution in [-0.4, -0.2) is 51.3 Å². The van der Waals surface area contributed by atoms with E-state index in [4.69, 9.17) is 14.2 Å². The van der Waals surface area contributed by atoms with Crippen LogP contribution in [0.2, 0.25) is 0 Å². The summed E-state index contributed by atoms with van der Waals surface area (Å²) in [7, 11) is 1.55. The number of ether oxygens (including phenoxy) is 3. The molecule has 2 amide bonds. The van der Waals surface area contributed by atoms with Gasteiger partial charge in [-0.1, -0.05) is 13.0 Å². The summed E-state index contributed by atoms with van der Waals surface area (Å²) >= 11 is 4.62. The lowest BCUT2D eigenvalue weighted by Crippen LogP contribution is -2.31. The summed E-state index contributed by atoms with van der Waals surface area (Å²) in [6.07, 6.45) is 0.269. The van der Waals surface area contributed by atoms with E-state index in [9.17, 15) is 14.4 Å². The van der Waals surface area contributed by atoms with Crippen LogP contribution >= 0.6 is 27.3 Å². The highest BCUT2D eigenvalue weighted by Gasteiger charge is 2.24. The molecular formula is C19H23BrN2O6S. The molecule has 1 heterocycles. The Hall–Kier alpha value is -2.17. The molecule has 0 radical (unpaired) electrons. The van der Waals surface area contributed by atoms with Gasteiger partial charge in [-0.05, 0) is 28.9 Å². The van der Waals surface area contributed by atoms with Crippen LogP contribution in [-0.2, 0) is 19.1 Å². The Kier molecular flexibility index (Phi) is 8.87. The molecule has 1 aromatic carbocycles.